The van der Waals surface area contributed by atoms with Gasteiger partial charge in [0.05, 0.1) is 0 Å². The molecule has 20 heavy (non-hydrogen) atoms. The zero-order valence-electron chi connectivity index (χ0n) is 12.6. The summed E-state index contributed by atoms with van der Waals surface area (Å²) >= 11 is 0. The Morgan fingerprint density at radius 2 is 2.05 bits per heavy atom. The van der Waals surface area contributed by atoms with E-state index in [1.54, 1.807) is 12.1 Å². The van der Waals surface area contributed by atoms with Gasteiger partial charge in [0.1, 0.15) is 5.82 Å². The second-order valence-electron chi connectivity index (χ2n) is 5.93. The van der Waals surface area contributed by atoms with E-state index < -0.39 is 0 Å². The molecular formula is C17H27FN2. The molecule has 1 N–H and O–H groups in total. The minimum Gasteiger partial charge on any atom is -0.313 e. The Morgan fingerprint density at radius 3 is 2.80 bits per heavy atom. The summed E-state index contributed by atoms with van der Waals surface area (Å²) in [6.07, 6.45) is 8.10. The van der Waals surface area contributed by atoms with Crippen molar-refractivity contribution in [1.82, 2.24) is 10.2 Å². The molecule has 0 amide bonds. The van der Waals surface area contributed by atoms with Gasteiger partial charge in [0.15, 0.2) is 0 Å². The van der Waals surface area contributed by atoms with Gasteiger partial charge < -0.3 is 10.2 Å². The number of nitrogens with one attached hydrogen (secondary N) is 1. The van der Waals surface area contributed by atoms with Crippen molar-refractivity contribution >= 4 is 0 Å². The van der Waals surface area contributed by atoms with Crippen molar-refractivity contribution < 1.29 is 4.39 Å². The van der Waals surface area contributed by atoms with Crippen molar-refractivity contribution in [2.24, 2.45) is 0 Å². The van der Waals surface area contributed by atoms with Crippen LogP contribution < -0.4 is 5.32 Å². The van der Waals surface area contributed by atoms with Crippen LogP contribution in [0.5, 0.6) is 0 Å². The van der Waals surface area contributed by atoms with E-state index in [0.717, 1.165) is 37.7 Å². The first-order valence-electron chi connectivity index (χ1n) is 7.91. The van der Waals surface area contributed by atoms with Crippen molar-refractivity contribution in [3.63, 3.8) is 0 Å². The quantitative estimate of drug-likeness (QED) is 0.767. The van der Waals surface area contributed by atoms with Crippen molar-refractivity contribution in [1.29, 1.82) is 0 Å². The predicted octanol–water partition coefficient (Wildman–Crippen LogP) is 3.57. The van der Waals surface area contributed by atoms with Gasteiger partial charge >= 0.3 is 0 Å². The maximum atomic E-state index is 13.0. The first-order valence-corrected chi connectivity index (χ1v) is 7.91. The van der Waals surface area contributed by atoms with Crippen LogP contribution in [0.3, 0.4) is 0 Å². The van der Waals surface area contributed by atoms with Gasteiger partial charge in [-0.3, -0.25) is 0 Å². The maximum absolute atomic E-state index is 13.0. The Labute approximate surface area is 122 Å². The maximum Gasteiger partial charge on any atom is 0.123 e. The van der Waals surface area contributed by atoms with Gasteiger partial charge in [-0.25, -0.2) is 4.39 Å². The Balaban J connectivity index is 1.57. The molecule has 2 nitrogen and oxygen atoms in total. The molecule has 0 heterocycles. The lowest BCUT2D eigenvalue weighted by molar-refractivity contribution is 0.189. The van der Waals surface area contributed by atoms with Gasteiger partial charge in [-0.05, 0) is 57.1 Å². The molecule has 3 heteroatoms. The predicted molar refractivity (Wildman–Crippen MR) is 82.2 cm³/mol. The molecule has 0 aliphatic heterocycles. The highest BCUT2D eigenvalue weighted by Gasteiger charge is 2.16. The number of hydrogen-bond donors (Lipinski definition) is 1. The normalized spacial score (nSPS) is 16.8. The minimum atomic E-state index is -0.152. The first kappa shape index (κ1) is 15.5. The van der Waals surface area contributed by atoms with Crippen molar-refractivity contribution in [2.45, 2.75) is 51.1 Å². The largest absolute Gasteiger partial charge is 0.313 e. The second kappa shape index (κ2) is 8.38. The summed E-state index contributed by atoms with van der Waals surface area (Å²) in [5.74, 6) is -0.152. The fourth-order valence-corrected chi connectivity index (χ4v) is 3.04. The molecule has 112 valence electrons. The molecule has 1 aromatic carbocycles. The number of halogens is 1. The molecule has 0 spiro atoms. The number of rotatable bonds is 7. The van der Waals surface area contributed by atoms with E-state index in [2.05, 4.69) is 17.3 Å². The summed E-state index contributed by atoms with van der Waals surface area (Å²) < 4.78 is 13.0. The summed E-state index contributed by atoms with van der Waals surface area (Å²) in [5.41, 5.74) is 1.02. The summed E-state index contributed by atoms with van der Waals surface area (Å²) in [6, 6.07) is 7.61. The number of benzene rings is 1. The first-order chi connectivity index (χ1) is 9.75. The van der Waals surface area contributed by atoms with E-state index in [0.29, 0.717) is 0 Å². The van der Waals surface area contributed by atoms with Crippen molar-refractivity contribution in [3.05, 3.63) is 35.6 Å². The summed E-state index contributed by atoms with van der Waals surface area (Å²) in [6.45, 7) is 2.90. The van der Waals surface area contributed by atoms with Gasteiger partial charge in [-0.1, -0.05) is 31.4 Å². The topological polar surface area (TPSA) is 15.3 Å². The van der Waals surface area contributed by atoms with Gasteiger partial charge in [-0.2, -0.15) is 0 Å². The van der Waals surface area contributed by atoms with Crippen LogP contribution in [0, 0.1) is 5.82 Å². The number of hydrogen-bond acceptors (Lipinski definition) is 2. The van der Waals surface area contributed by atoms with E-state index in [9.17, 15) is 4.39 Å². The molecule has 1 fully saturated rings. The van der Waals surface area contributed by atoms with Gasteiger partial charge in [0, 0.05) is 12.6 Å². The molecule has 1 aliphatic carbocycles. The SMILES string of the molecule is CN(CCCNCc1cccc(F)c1)C1CCCCC1. The lowest BCUT2D eigenvalue weighted by atomic mass is 9.94. The zero-order chi connectivity index (χ0) is 14.2. The van der Waals surface area contributed by atoms with E-state index in [1.165, 1.54) is 38.2 Å². The van der Waals surface area contributed by atoms with Crippen LogP contribution in [0.25, 0.3) is 0 Å². The fourth-order valence-electron chi connectivity index (χ4n) is 3.04. The Morgan fingerprint density at radius 1 is 1.25 bits per heavy atom. The van der Waals surface area contributed by atoms with Crippen LogP contribution in [-0.2, 0) is 6.54 Å². The fraction of sp³-hybridized carbons (Fsp3) is 0.647. The zero-order valence-corrected chi connectivity index (χ0v) is 12.6. The molecule has 0 atom stereocenters. The van der Waals surface area contributed by atoms with Crippen LogP contribution in [0.4, 0.5) is 4.39 Å². The summed E-state index contributed by atoms with van der Waals surface area (Å²) in [5, 5.41) is 3.39. The Hall–Kier alpha value is -0.930. The van der Waals surface area contributed by atoms with Gasteiger partial charge in [-0.15, -0.1) is 0 Å². The highest BCUT2D eigenvalue weighted by atomic mass is 19.1. The Kier molecular flexibility index (Phi) is 6.48. The molecule has 0 saturated heterocycles. The van der Waals surface area contributed by atoms with Crippen LogP contribution in [0.1, 0.15) is 44.1 Å². The highest BCUT2D eigenvalue weighted by Crippen LogP contribution is 2.21. The lowest BCUT2D eigenvalue weighted by Crippen LogP contribution is -2.35. The van der Waals surface area contributed by atoms with Crippen LogP contribution in [-0.4, -0.2) is 31.1 Å². The lowest BCUT2D eigenvalue weighted by Gasteiger charge is -2.31. The molecule has 2 rings (SSSR count). The molecule has 0 aromatic heterocycles. The van der Waals surface area contributed by atoms with Crippen LogP contribution in [0.15, 0.2) is 24.3 Å². The molecular weight excluding hydrogens is 251 g/mol. The molecule has 0 bridgehead atoms. The molecule has 0 radical (unpaired) electrons. The van der Waals surface area contributed by atoms with E-state index in [1.807, 2.05) is 6.07 Å². The van der Waals surface area contributed by atoms with Crippen molar-refractivity contribution in [2.75, 3.05) is 20.1 Å². The second-order valence-corrected chi connectivity index (χ2v) is 5.93. The average molecular weight is 278 g/mol. The number of nitrogens with zero attached hydrogens (tertiary/aromatic N) is 1. The third-order valence-corrected chi connectivity index (χ3v) is 4.28. The van der Waals surface area contributed by atoms with Gasteiger partial charge in [0.2, 0.25) is 0 Å². The molecule has 1 aliphatic rings. The van der Waals surface area contributed by atoms with E-state index >= 15 is 0 Å². The summed E-state index contributed by atoms with van der Waals surface area (Å²) in [7, 11) is 2.25. The Bertz CT molecular complexity index is 388. The highest BCUT2D eigenvalue weighted by molar-refractivity contribution is 5.15. The van der Waals surface area contributed by atoms with Crippen LogP contribution >= 0.6 is 0 Å². The molecule has 0 unspecified atom stereocenters. The third-order valence-electron chi connectivity index (χ3n) is 4.28. The smallest absolute Gasteiger partial charge is 0.123 e. The monoisotopic (exact) mass is 278 g/mol. The van der Waals surface area contributed by atoms with Gasteiger partial charge in [0.25, 0.3) is 0 Å². The van der Waals surface area contributed by atoms with Crippen molar-refractivity contribution in [3.8, 4) is 0 Å². The average Bonchev–Trinajstić information content (AvgIpc) is 2.48. The van der Waals surface area contributed by atoms with E-state index in [-0.39, 0.29) is 5.82 Å². The van der Waals surface area contributed by atoms with E-state index in [4.69, 9.17) is 0 Å². The molecule has 1 aromatic rings. The van der Waals surface area contributed by atoms with Crippen LogP contribution in [0.2, 0.25) is 0 Å². The standard InChI is InChI=1S/C17H27FN2/c1-20(17-9-3-2-4-10-17)12-6-11-19-14-15-7-5-8-16(18)13-15/h5,7-8,13,17,19H,2-4,6,9-12,14H2,1H3. The summed E-state index contributed by atoms with van der Waals surface area (Å²) in [4.78, 5) is 2.52. The minimum absolute atomic E-state index is 0.152. The molecule has 1 saturated carbocycles. The third kappa shape index (κ3) is 5.22.